The van der Waals surface area contributed by atoms with Crippen LogP contribution in [-0.2, 0) is 14.8 Å². The highest BCUT2D eigenvalue weighted by Crippen LogP contribution is 2.07. The van der Waals surface area contributed by atoms with Crippen LogP contribution in [-0.4, -0.2) is 25.4 Å². The van der Waals surface area contributed by atoms with Crippen molar-refractivity contribution >= 4 is 16.1 Å². The van der Waals surface area contributed by atoms with Crippen LogP contribution in [0.15, 0.2) is 0 Å². The standard InChI is InChI=1S/C8H17NO4S.H2/c1-6(2)14(11,12)9-7(10)13-8(3,4)5;/h6H,1-5H3,(H,9,10);1H. The largest absolute Gasteiger partial charge is 0.443 e. The van der Waals surface area contributed by atoms with Gasteiger partial charge in [0.1, 0.15) is 5.60 Å². The minimum atomic E-state index is -3.59. The molecule has 0 saturated carbocycles. The Labute approximate surface area is 86.4 Å². The number of ether oxygens (including phenoxy) is 1. The Hall–Kier alpha value is -0.780. The first-order chi connectivity index (χ1) is 6.04. The van der Waals surface area contributed by atoms with E-state index in [4.69, 9.17) is 4.74 Å². The normalized spacial score (nSPS) is 12.7. The molecule has 0 spiro atoms. The van der Waals surface area contributed by atoms with Crippen LogP contribution >= 0.6 is 0 Å². The minimum Gasteiger partial charge on any atom is -0.443 e. The maximum Gasteiger partial charge on any atom is 0.421 e. The number of sulfonamides is 1. The van der Waals surface area contributed by atoms with Crippen molar-refractivity contribution in [3.63, 3.8) is 0 Å². The van der Waals surface area contributed by atoms with Crippen molar-refractivity contribution in [1.82, 2.24) is 4.72 Å². The summed E-state index contributed by atoms with van der Waals surface area (Å²) in [5.74, 6) is 0. The van der Waals surface area contributed by atoms with E-state index in [9.17, 15) is 13.2 Å². The zero-order valence-electron chi connectivity index (χ0n) is 9.12. The number of nitrogens with one attached hydrogen (secondary N) is 1. The van der Waals surface area contributed by atoms with E-state index in [1.165, 1.54) is 13.8 Å². The van der Waals surface area contributed by atoms with Gasteiger partial charge in [0.25, 0.3) is 0 Å². The molecule has 6 heteroatoms. The first kappa shape index (κ1) is 13.2. The molecule has 0 aromatic heterocycles. The molecule has 0 heterocycles. The predicted molar refractivity (Wildman–Crippen MR) is 55.5 cm³/mol. The van der Waals surface area contributed by atoms with Crippen molar-refractivity contribution < 1.29 is 19.4 Å². The van der Waals surface area contributed by atoms with Gasteiger partial charge in [-0.25, -0.2) is 17.9 Å². The summed E-state index contributed by atoms with van der Waals surface area (Å²) in [6.07, 6.45) is -0.939. The fourth-order valence-electron chi connectivity index (χ4n) is 0.533. The quantitative estimate of drug-likeness (QED) is 0.773. The lowest BCUT2D eigenvalue weighted by Gasteiger charge is -2.20. The van der Waals surface area contributed by atoms with E-state index in [1.54, 1.807) is 20.8 Å². The van der Waals surface area contributed by atoms with Gasteiger partial charge in [0.05, 0.1) is 5.25 Å². The van der Waals surface area contributed by atoms with Crippen molar-refractivity contribution in [3.05, 3.63) is 0 Å². The summed E-state index contributed by atoms with van der Waals surface area (Å²) in [6, 6.07) is 0. The SMILES string of the molecule is CC(C)S(=O)(=O)NC(=O)OC(C)(C)C.[HH]. The van der Waals surface area contributed by atoms with Crippen molar-refractivity contribution in [1.29, 1.82) is 0 Å². The van der Waals surface area contributed by atoms with Crippen molar-refractivity contribution in [2.24, 2.45) is 0 Å². The third kappa shape index (κ3) is 5.06. The Morgan fingerprint density at radius 1 is 1.36 bits per heavy atom. The molecule has 0 aliphatic carbocycles. The Balaban J connectivity index is 0. The third-order valence-electron chi connectivity index (χ3n) is 1.25. The second-order valence-electron chi connectivity index (χ2n) is 4.20. The number of hydrogen-bond donors (Lipinski definition) is 1. The third-order valence-corrected chi connectivity index (χ3v) is 2.94. The van der Waals surface area contributed by atoms with Gasteiger partial charge in [-0.05, 0) is 34.6 Å². The van der Waals surface area contributed by atoms with Crippen LogP contribution in [0.5, 0.6) is 0 Å². The van der Waals surface area contributed by atoms with Gasteiger partial charge in [-0.2, -0.15) is 0 Å². The molecule has 0 saturated heterocycles. The highest BCUT2D eigenvalue weighted by Gasteiger charge is 2.23. The number of hydrogen-bond acceptors (Lipinski definition) is 4. The highest BCUT2D eigenvalue weighted by atomic mass is 32.2. The molecule has 0 aromatic rings. The zero-order valence-corrected chi connectivity index (χ0v) is 9.94. The fourth-order valence-corrected chi connectivity index (χ4v) is 1.04. The summed E-state index contributed by atoms with van der Waals surface area (Å²) in [4.78, 5) is 11.1. The Kier molecular flexibility index (Phi) is 3.93. The van der Waals surface area contributed by atoms with E-state index in [0.29, 0.717) is 0 Å². The summed E-state index contributed by atoms with van der Waals surface area (Å²) in [5, 5.41) is -0.657. The molecule has 0 rings (SSSR count). The van der Waals surface area contributed by atoms with Crippen LogP contribution in [0.2, 0.25) is 0 Å². The molecule has 0 aliphatic rings. The molecule has 0 atom stereocenters. The highest BCUT2D eigenvalue weighted by molar-refractivity contribution is 7.90. The van der Waals surface area contributed by atoms with Gasteiger partial charge in [-0.3, -0.25) is 0 Å². The first-order valence-electron chi connectivity index (χ1n) is 4.29. The molecule has 0 radical (unpaired) electrons. The molecule has 5 nitrogen and oxygen atoms in total. The maximum absolute atomic E-state index is 11.2. The minimum absolute atomic E-state index is 0. The molecular weight excluding hydrogens is 206 g/mol. The molecule has 0 bridgehead atoms. The van der Waals surface area contributed by atoms with E-state index < -0.39 is 27.0 Å². The van der Waals surface area contributed by atoms with Gasteiger partial charge < -0.3 is 4.74 Å². The van der Waals surface area contributed by atoms with E-state index in [0.717, 1.165) is 0 Å². The van der Waals surface area contributed by atoms with Crippen LogP contribution < -0.4 is 4.72 Å². The van der Waals surface area contributed by atoms with E-state index >= 15 is 0 Å². The number of rotatable bonds is 2. The lowest BCUT2D eigenvalue weighted by atomic mass is 10.2. The van der Waals surface area contributed by atoms with Crippen molar-refractivity contribution in [2.75, 3.05) is 0 Å². The first-order valence-corrected chi connectivity index (χ1v) is 5.84. The molecule has 0 aliphatic heterocycles. The van der Waals surface area contributed by atoms with Gasteiger partial charge in [-0.1, -0.05) is 0 Å². The summed E-state index contributed by atoms with van der Waals surface area (Å²) in [6.45, 7) is 7.94. The van der Waals surface area contributed by atoms with Crippen molar-refractivity contribution in [2.45, 2.75) is 45.5 Å². The van der Waals surface area contributed by atoms with Gasteiger partial charge >= 0.3 is 6.09 Å². The fraction of sp³-hybridized carbons (Fsp3) is 0.875. The number of carbonyl (C=O) groups excluding carboxylic acids is 1. The Bertz CT molecular complexity index is 305. The molecule has 86 valence electrons. The number of amides is 1. The lowest BCUT2D eigenvalue weighted by molar-refractivity contribution is 0.0570. The Morgan fingerprint density at radius 3 is 2.07 bits per heavy atom. The number of carbonyl (C=O) groups is 1. The smallest absolute Gasteiger partial charge is 0.421 e. The average molecular weight is 225 g/mol. The van der Waals surface area contributed by atoms with E-state index in [1.807, 2.05) is 4.72 Å². The van der Waals surface area contributed by atoms with E-state index in [-0.39, 0.29) is 1.43 Å². The van der Waals surface area contributed by atoms with Crippen LogP contribution in [0.1, 0.15) is 36.0 Å². The monoisotopic (exact) mass is 225 g/mol. The molecule has 0 fully saturated rings. The van der Waals surface area contributed by atoms with Gasteiger partial charge in [0.2, 0.25) is 10.0 Å². The lowest BCUT2D eigenvalue weighted by Crippen LogP contribution is -2.39. The van der Waals surface area contributed by atoms with Gasteiger partial charge in [0.15, 0.2) is 0 Å². The average Bonchev–Trinajstić information content (AvgIpc) is 1.79. The predicted octanol–water partition coefficient (Wildman–Crippen LogP) is 1.50. The van der Waals surface area contributed by atoms with Crippen LogP contribution in [0.3, 0.4) is 0 Å². The van der Waals surface area contributed by atoms with Crippen LogP contribution in [0.4, 0.5) is 4.79 Å². The maximum atomic E-state index is 11.2. The molecule has 0 unspecified atom stereocenters. The van der Waals surface area contributed by atoms with Gasteiger partial charge in [0, 0.05) is 1.43 Å². The zero-order chi connectivity index (χ0) is 11.6. The van der Waals surface area contributed by atoms with Crippen LogP contribution in [0.25, 0.3) is 0 Å². The summed E-state index contributed by atoms with van der Waals surface area (Å²) in [5.41, 5.74) is -0.698. The molecule has 14 heavy (non-hydrogen) atoms. The summed E-state index contributed by atoms with van der Waals surface area (Å²) < 4.78 is 29.0. The molecule has 0 aromatic carbocycles. The summed E-state index contributed by atoms with van der Waals surface area (Å²) in [7, 11) is -3.59. The second-order valence-corrected chi connectivity index (χ2v) is 6.43. The molecule has 1 amide bonds. The molecular formula is C8H19NO4S. The van der Waals surface area contributed by atoms with Gasteiger partial charge in [-0.15, -0.1) is 0 Å². The Morgan fingerprint density at radius 2 is 1.79 bits per heavy atom. The topological polar surface area (TPSA) is 72.5 Å². The van der Waals surface area contributed by atoms with E-state index in [2.05, 4.69) is 0 Å². The van der Waals surface area contributed by atoms with Crippen molar-refractivity contribution in [3.8, 4) is 0 Å². The summed E-state index contributed by atoms with van der Waals surface area (Å²) >= 11 is 0. The molecule has 1 N–H and O–H groups in total. The second kappa shape index (κ2) is 4.16. The van der Waals surface area contributed by atoms with Crippen LogP contribution in [0, 0.1) is 0 Å².